The molecule has 0 saturated carbocycles. The van der Waals surface area contributed by atoms with Crippen LogP contribution in [0.3, 0.4) is 0 Å². The highest BCUT2D eigenvalue weighted by Crippen LogP contribution is 2.07. The second-order valence-electron chi connectivity index (χ2n) is 2.96. The van der Waals surface area contributed by atoms with Crippen molar-refractivity contribution in [1.29, 1.82) is 0 Å². The summed E-state index contributed by atoms with van der Waals surface area (Å²) in [6.07, 6.45) is 0.502. The topological polar surface area (TPSA) is 64.1 Å². The summed E-state index contributed by atoms with van der Waals surface area (Å²) in [6.45, 7) is 4.30. The largest absolute Gasteiger partial charge is 0.378 e. The molecule has 78 valence electrons. The number of hydrogen-bond acceptors (Lipinski definition) is 5. The molecule has 1 aromatic rings. The molecule has 0 spiro atoms. The Kier molecular flexibility index (Phi) is 4.48. The highest BCUT2D eigenvalue weighted by molar-refractivity contribution is 7.13. The molecule has 0 atom stereocenters. The molecule has 0 aliphatic carbocycles. The Labute approximate surface area is 86.5 Å². The SMILES string of the molecule is CC(C)OCCC(=O)Nc1nncs1. The molecule has 14 heavy (non-hydrogen) atoms. The van der Waals surface area contributed by atoms with Crippen LogP contribution in [0.25, 0.3) is 0 Å². The van der Waals surface area contributed by atoms with Crippen molar-refractivity contribution < 1.29 is 9.53 Å². The Morgan fingerprint density at radius 1 is 1.71 bits per heavy atom. The van der Waals surface area contributed by atoms with Crippen LogP contribution in [0.2, 0.25) is 0 Å². The van der Waals surface area contributed by atoms with Crippen molar-refractivity contribution in [3.63, 3.8) is 0 Å². The van der Waals surface area contributed by atoms with Gasteiger partial charge in [-0.1, -0.05) is 11.3 Å². The highest BCUT2D eigenvalue weighted by Gasteiger charge is 2.04. The van der Waals surface area contributed by atoms with Crippen LogP contribution in [0, 0.1) is 0 Å². The zero-order valence-electron chi connectivity index (χ0n) is 8.19. The van der Waals surface area contributed by atoms with Crippen LogP contribution in [0.15, 0.2) is 5.51 Å². The molecule has 0 aliphatic heterocycles. The molecule has 0 unspecified atom stereocenters. The van der Waals surface area contributed by atoms with E-state index in [2.05, 4.69) is 15.5 Å². The minimum Gasteiger partial charge on any atom is -0.378 e. The van der Waals surface area contributed by atoms with Gasteiger partial charge in [0, 0.05) is 0 Å². The molecule has 1 amide bonds. The van der Waals surface area contributed by atoms with Crippen molar-refractivity contribution in [3.8, 4) is 0 Å². The highest BCUT2D eigenvalue weighted by atomic mass is 32.1. The van der Waals surface area contributed by atoms with Crippen LogP contribution < -0.4 is 5.32 Å². The quantitative estimate of drug-likeness (QED) is 0.804. The van der Waals surface area contributed by atoms with Crippen LogP contribution >= 0.6 is 11.3 Å². The predicted molar refractivity (Wildman–Crippen MR) is 54.2 cm³/mol. The fraction of sp³-hybridized carbons (Fsp3) is 0.625. The van der Waals surface area contributed by atoms with Gasteiger partial charge in [-0.15, -0.1) is 10.2 Å². The number of carbonyl (C=O) groups is 1. The molecule has 0 fully saturated rings. The van der Waals surface area contributed by atoms with Crippen molar-refractivity contribution in [2.45, 2.75) is 26.4 Å². The van der Waals surface area contributed by atoms with Gasteiger partial charge >= 0.3 is 0 Å². The van der Waals surface area contributed by atoms with Gasteiger partial charge in [-0.2, -0.15) is 0 Å². The van der Waals surface area contributed by atoms with Gasteiger partial charge in [-0.05, 0) is 13.8 Å². The van der Waals surface area contributed by atoms with E-state index in [1.165, 1.54) is 11.3 Å². The lowest BCUT2D eigenvalue weighted by molar-refractivity contribution is -0.117. The third-order valence-corrected chi connectivity index (χ3v) is 1.99. The standard InChI is InChI=1S/C8H13N3O2S/c1-6(2)13-4-3-7(12)10-8-11-9-5-14-8/h5-6H,3-4H2,1-2H3,(H,10,11,12). The van der Waals surface area contributed by atoms with Gasteiger partial charge in [-0.25, -0.2) is 0 Å². The fourth-order valence-corrected chi connectivity index (χ4v) is 1.26. The second-order valence-corrected chi connectivity index (χ2v) is 3.79. The molecule has 0 aliphatic rings. The lowest BCUT2D eigenvalue weighted by Crippen LogP contribution is -2.15. The first kappa shape index (κ1) is 11.1. The van der Waals surface area contributed by atoms with Crippen LogP contribution in [0.1, 0.15) is 20.3 Å². The molecule has 1 heterocycles. The van der Waals surface area contributed by atoms with E-state index in [1.54, 1.807) is 5.51 Å². The molecule has 0 bridgehead atoms. The van der Waals surface area contributed by atoms with E-state index in [-0.39, 0.29) is 12.0 Å². The second kappa shape index (κ2) is 5.66. The lowest BCUT2D eigenvalue weighted by atomic mass is 10.4. The van der Waals surface area contributed by atoms with E-state index in [0.717, 1.165) is 0 Å². The van der Waals surface area contributed by atoms with Gasteiger partial charge in [0.1, 0.15) is 5.51 Å². The first-order valence-electron chi connectivity index (χ1n) is 4.36. The van der Waals surface area contributed by atoms with Crippen LogP contribution in [0.5, 0.6) is 0 Å². The summed E-state index contributed by atoms with van der Waals surface area (Å²) in [5.41, 5.74) is 1.57. The summed E-state index contributed by atoms with van der Waals surface area (Å²) in [5.74, 6) is -0.0950. The first-order chi connectivity index (χ1) is 6.68. The normalized spacial score (nSPS) is 10.5. The molecule has 6 heteroatoms. The van der Waals surface area contributed by atoms with E-state index in [9.17, 15) is 4.79 Å². The Balaban J connectivity index is 2.17. The van der Waals surface area contributed by atoms with Crippen molar-refractivity contribution in [1.82, 2.24) is 10.2 Å². The number of nitrogens with zero attached hydrogens (tertiary/aromatic N) is 2. The van der Waals surface area contributed by atoms with Gasteiger partial charge in [-0.3, -0.25) is 4.79 Å². The van der Waals surface area contributed by atoms with Crippen molar-refractivity contribution >= 4 is 22.4 Å². The third-order valence-electron chi connectivity index (χ3n) is 1.39. The van der Waals surface area contributed by atoms with E-state index in [0.29, 0.717) is 18.2 Å². The predicted octanol–water partition coefficient (Wildman–Crippen LogP) is 1.29. The van der Waals surface area contributed by atoms with Gasteiger partial charge in [0.05, 0.1) is 19.1 Å². The summed E-state index contributed by atoms with van der Waals surface area (Å²) in [7, 11) is 0. The van der Waals surface area contributed by atoms with Gasteiger partial charge in [0.15, 0.2) is 0 Å². The average Bonchev–Trinajstić information content (AvgIpc) is 2.56. The average molecular weight is 215 g/mol. The molecule has 0 aromatic carbocycles. The number of aromatic nitrogens is 2. The molecule has 1 rings (SSSR count). The minimum absolute atomic E-state index is 0.0950. The molecular formula is C8H13N3O2S. The van der Waals surface area contributed by atoms with Crippen molar-refractivity contribution in [2.24, 2.45) is 0 Å². The lowest BCUT2D eigenvalue weighted by Gasteiger charge is -2.06. The first-order valence-corrected chi connectivity index (χ1v) is 5.24. The maximum Gasteiger partial charge on any atom is 0.228 e. The molecule has 0 radical (unpaired) electrons. The Bertz CT molecular complexity index is 274. The smallest absolute Gasteiger partial charge is 0.228 e. The summed E-state index contributed by atoms with van der Waals surface area (Å²) in [4.78, 5) is 11.2. The van der Waals surface area contributed by atoms with Gasteiger partial charge in [0.2, 0.25) is 11.0 Å². The number of nitrogens with one attached hydrogen (secondary N) is 1. The van der Waals surface area contributed by atoms with E-state index in [4.69, 9.17) is 4.74 Å². The third kappa shape index (κ3) is 4.29. The Morgan fingerprint density at radius 2 is 2.50 bits per heavy atom. The summed E-state index contributed by atoms with van der Waals surface area (Å²) >= 11 is 1.30. The molecular weight excluding hydrogens is 202 g/mol. The maximum atomic E-state index is 11.2. The summed E-state index contributed by atoms with van der Waals surface area (Å²) in [6, 6.07) is 0. The zero-order valence-corrected chi connectivity index (χ0v) is 9.00. The monoisotopic (exact) mass is 215 g/mol. The molecule has 1 aromatic heterocycles. The van der Waals surface area contributed by atoms with E-state index >= 15 is 0 Å². The van der Waals surface area contributed by atoms with Crippen LogP contribution in [0.4, 0.5) is 5.13 Å². The number of carbonyl (C=O) groups excluding carboxylic acids is 1. The Hall–Kier alpha value is -1.01. The van der Waals surface area contributed by atoms with E-state index < -0.39 is 0 Å². The van der Waals surface area contributed by atoms with Gasteiger partial charge < -0.3 is 10.1 Å². The number of anilines is 1. The van der Waals surface area contributed by atoms with Crippen molar-refractivity contribution in [3.05, 3.63) is 5.51 Å². The zero-order chi connectivity index (χ0) is 10.4. The Morgan fingerprint density at radius 3 is 3.07 bits per heavy atom. The molecule has 0 saturated heterocycles. The van der Waals surface area contributed by atoms with Crippen molar-refractivity contribution in [2.75, 3.05) is 11.9 Å². The van der Waals surface area contributed by atoms with E-state index in [1.807, 2.05) is 13.8 Å². The number of hydrogen-bond donors (Lipinski definition) is 1. The minimum atomic E-state index is -0.0950. The number of amides is 1. The summed E-state index contributed by atoms with van der Waals surface area (Å²) in [5, 5.41) is 10.5. The molecule has 1 N–H and O–H groups in total. The fourth-order valence-electron chi connectivity index (χ4n) is 0.797. The number of ether oxygens (including phenoxy) is 1. The summed E-state index contributed by atoms with van der Waals surface area (Å²) < 4.78 is 5.24. The molecule has 5 nitrogen and oxygen atoms in total. The maximum absolute atomic E-state index is 11.2. The number of rotatable bonds is 5. The van der Waals surface area contributed by atoms with Crippen LogP contribution in [-0.4, -0.2) is 28.8 Å². The van der Waals surface area contributed by atoms with Crippen LogP contribution in [-0.2, 0) is 9.53 Å². The van der Waals surface area contributed by atoms with Gasteiger partial charge in [0.25, 0.3) is 0 Å².